The van der Waals surface area contributed by atoms with Gasteiger partial charge in [-0.1, -0.05) is 32.6 Å². The van der Waals surface area contributed by atoms with Crippen LogP contribution in [0, 0.1) is 0 Å². The molecule has 0 amide bonds. The van der Waals surface area contributed by atoms with Crippen molar-refractivity contribution in [2.24, 2.45) is 0 Å². The van der Waals surface area contributed by atoms with Crippen molar-refractivity contribution in [1.29, 1.82) is 0 Å². The van der Waals surface area contributed by atoms with Crippen LogP contribution in [0.1, 0.15) is 58.3 Å². The summed E-state index contributed by atoms with van der Waals surface area (Å²) in [5.74, 6) is 0. The van der Waals surface area contributed by atoms with Gasteiger partial charge in [-0.25, -0.2) is 0 Å². The first-order valence-electron chi connectivity index (χ1n) is 8.36. The zero-order valence-electron chi connectivity index (χ0n) is 12.9. The number of nitrogens with zero attached hydrogens (tertiary/aromatic N) is 1. The summed E-state index contributed by atoms with van der Waals surface area (Å²) >= 11 is 0. The van der Waals surface area contributed by atoms with Crippen LogP contribution in [-0.2, 0) is 4.74 Å². The highest BCUT2D eigenvalue weighted by atomic mass is 16.5. The normalized spacial score (nSPS) is 30.5. The molecular formula is C16H32N2O. The molecule has 1 aliphatic heterocycles. The molecule has 3 nitrogen and oxygen atoms in total. The number of rotatable bonds is 5. The van der Waals surface area contributed by atoms with Crippen molar-refractivity contribution in [2.45, 2.75) is 76.4 Å². The number of nitrogens with one attached hydrogen (secondary N) is 1. The summed E-state index contributed by atoms with van der Waals surface area (Å²) in [5.41, 5.74) is 0. The lowest BCUT2D eigenvalue weighted by Crippen LogP contribution is -2.56. The van der Waals surface area contributed by atoms with E-state index in [2.05, 4.69) is 24.2 Å². The second-order valence-electron chi connectivity index (χ2n) is 6.30. The molecule has 1 saturated heterocycles. The zero-order valence-corrected chi connectivity index (χ0v) is 12.9. The number of likely N-dealkylation sites (N-methyl/N-ethyl adjacent to an activating group) is 1. The van der Waals surface area contributed by atoms with Crippen molar-refractivity contribution in [1.82, 2.24) is 10.2 Å². The molecule has 0 bridgehead atoms. The van der Waals surface area contributed by atoms with E-state index in [1.54, 1.807) is 0 Å². The molecule has 1 N–H and O–H groups in total. The topological polar surface area (TPSA) is 24.5 Å². The molecule has 0 spiro atoms. The third-order valence-corrected chi connectivity index (χ3v) is 4.91. The molecular weight excluding hydrogens is 236 g/mol. The molecule has 19 heavy (non-hydrogen) atoms. The molecule has 0 aromatic heterocycles. The van der Waals surface area contributed by atoms with Crippen molar-refractivity contribution in [3.63, 3.8) is 0 Å². The molecule has 1 saturated carbocycles. The van der Waals surface area contributed by atoms with Crippen molar-refractivity contribution in [3.05, 3.63) is 0 Å². The average molecular weight is 268 g/mol. The Balaban J connectivity index is 1.91. The van der Waals surface area contributed by atoms with E-state index in [0.717, 1.165) is 25.8 Å². The van der Waals surface area contributed by atoms with Crippen molar-refractivity contribution >= 4 is 0 Å². The average Bonchev–Trinajstić information content (AvgIpc) is 2.73. The van der Waals surface area contributed by atoms with Gasteiger partial charge in [-0.05, 0) is 39.3 Å². The van der Waals surface area contributed by atoms with Crippen LogP contribution in [0.15, 0.2) is 0 Å². The Bertz CT molecular complexity index is 239. The molecule has 2 atom stereocenters. The molecule has 2 rings (SSSR count). The first-order valence-corrected chi connectivity index (χ1v) is 8.36. The molecule has 1 heterocycles. The van der Waals surface area contributed by atoms with Gasteiger partial charge in [0.15, 0.2) is 0 Å². The first kappa shape index (κ1) is 15.3. The molecule has 0 radical (unpaired) electrons. The molecule has 2 aliphatic rings. The van der Waals surface area contributed by atoms with Crippen LogP contribution in [0.2, 0.25) is 0 Å². The zero-order chi connectivity index (χ0) is 13.5. The largest absolute Gasteiger partial charge is 0.380 e. The third kappa shape index (κ3) is 4.44. The third-order valence-electron chi connectivity index (χ3n) is 4.91. The molecule has 3 heteroatoms. The predicted molar refractivity (Wildman–Crippen MR) is 80.6 cm³/mol. The smallest absolute Gasteiger partial charge is 0.0637 e. The van der Waals surface area contributed by atoms with Gasteiger partial charge in [-0.3, -0.25) is 4.90 Å². The van der Waals surface area contributed by atoms with Gasteiger partial charge >= 0.3 is 0 Å². The Labute approximate surface area is 119 Å². The standard InChI is InChI=1S/C16H32N2O/c1-3-11-17-15-10-12-19-13-16(15)18(2)14-8-6-4-5-7-9-14/h14-17H,3-13H2,1-2H3. The fourth-order valence-corrected chi connectivity index (χ4v) is 3.63. The maximum atomic E-state index is 5.75. The quantitative estimate of drug-likeness (QED) is 0.776. The molecule has 0 aromatic rings. The number of hydrogen-bond donors (Lipinski definition) is 1. The summed E-state index contributed by atoms with van der Waals surface area (Å²) in [6, 6.07) is 1.98. The van der Waals surface area contributed by atoms with Crippen molar-refractivity contribution in [2.75, 3.05) is 26.8 Å². The lowest BCUT2D eigenvalue weighted by molar-refractivity contribution is -0.0107. The Morgan fingerprint density at radius 2 is 1.84 bits per heavy atom. The van der Waals surface area contributed by atoms with E-state index in [1.807, 2.05) is 0 Å². The highest BCUT2D eigenvalue weighted by Crippen LogP contribution is 2.25. The summed E-state index contributed by atoms with van der Waals surface area (Å²) in [5, 5.41) is 3.74. The predicted octanol–water partition coefficient (Wildman–Crippen LogP) is 2.80. The van der Waals surface area contributed by atoms with Crippen molar-refractivity contribution in [3.8, 4) is 0 Å². The Morgan fingerprint density at radius 1 is 1.11 bits per heavy atom. The van der Waals surface area contributed by atoms with Crippen LogP contribution >= 0.6 is 0 Å². The molecule has 0 aromatic carbocycles. The fourth-order valence-electron chi connectivity index (χ4n) is 3.63. The lowest BCUT2D eigenvalue weighted by Gasteiger charge is -2.42. The Hall–Kier alpha value is -0.120. The van der Waals surface area contributed by atoms with E-state index in [0.29, 0.717) is 12.1 Å². The van der Waals surface area contributed by atoms with E-state index >= 15 is 0 Å². The molecule has 1 aliphatic carbocycles. The van der Waals surface area contributed by atoms with Gasteiger partial charge in [0.05, 0.1) is 6.61 Å². The summed E-state index contributed by atoms with van der Waals surface area (Å²) in [6.07, 6.45) is 10.8. The van der Waals surface area contributed by atoms with Gasteiger partial charge < -0.3 is 10.1 Å². The van der Waals surface area contributed by atoms with Gasteiger partial charge in [0.2, 0.25) is 0 Å². The van der Waals surface area contributed by atoms with E-state index in [1.165, 1.54) is 51.4 Å². The molecule has 2 unspecified atom stereocenters. The second kappa shape index (κ2) is 8.23. The van der Waals surface area contributed by atoms with Gasteiger partial charge in [0.1, 0.15) is 0 Å². The minimum atomic E-state index is 0.573. The fraction of sp³-hybridized carbons (Fsp3) is 1.00. The molecule has 2 fully saturated rings. The summed E-state index contributed by atoms with van der Waals surface area (Å²) < 4.78 is 5.75. The number of ether oxygens (including phenoxy) is 1. The maximum absolute atomic E-state index is 5.75. The van der Waals surface area contributed by atoms with Crippen LogP contribution in [0.4, 0.5) is 0 Å². The lowest BCUT2D eigenvalue weighted by atomic mass is 9.98. The highest BCUT2D eigenvalue weighted by Gasteiger charge is 2.32. The Kier molecular flexibility index (Phi) is 6.62. The van der Waals surface area contributed by atoms with E-state index in [-0.39, 0.29) is 0 Å². The van der Waals surface area contributed by atoms with Gasteiger partial charge in [0.25, 0.3) is 0 Å². The second-order valence-corrected chi connectivity index (χ2v) is 6.30. The summed E-state index contributed by atoms with van der Waals surface area (Å²) in [7, 11) is 2.33. The van der Waals surface area contributed by atoms with E-state index in [9.17, 15) is 0 Å². The monoisotopic (exact) mass is 268 g/mol. The SMILES string of the molecule is CCCNC1CCOCC1N(C)C1CCCCCC1. The minimum absolute atomic E-state index is 0.573. The van der Waals surface area contributed by atoms with Crippen LogP contribution in [0.3, 0.4) is 0 Å². The van der Waals surface area contributed by atoms with Gasteiger partial charge in [-0.2, -0.15) is 0 Å². The van der Waals surface area contributed by atoms with Crippen molar-refractivity contribution < 1.29 is 4.74 Å². The minimum Gasteiger partial charge on any atom is -0.380 e. The van der Waals surface area contributed by atoms with Crippen LogP contribution in [0.5, 0.6) is 0 Å². The van der Waals surface area contributed by atoms with Gasteiger partial charge in [0, 0.05) is 24.7 Å². The Morgan fingerprint density at radius 3 is 2.53 bits per heavy atom. The first-order chi connectivity index (χ1) is 9.33. The summed E-state index contributed by atoms with van der Waals surface area (Å²) in [4.78, 5) is 2.64. The van der Waals surface area contributed by atoms with E-state index in [4.69, 9.17) is 4.74 Å². The molecule has 112 valence electrons. The number of hydrogen-bond acceptors (Lipinski definition) is 3. The van der Waals surface area contributed by atoms with Crippen LogP contribution in [0.25, 0.3) is 0 Å². The highest BCUT2D eigenvalue weighted by molar-refractivity contribution is 4.89. The van der Waals surface area contributed by atoms with Crippen LogP contribution < -0.4 is 5.32 Å². The van der Waals surface area contributed by atoms with Crippen LogP contribution in [-0.4, -0.2) is 49.8 Å². The maximum Gasteiger partial charge on any atom is 0.0637 e. The summed E-state index contributed by atoms with van der Waals surface area (Å²) in [6.45, 7) is 5.22. The van der Waals surface area contributed by atoms with E-state index < -0.39 is 0 Å². The van der Waals surface area contributed by atoms with Gasteiger partial charge in [-0.15, -0.1) is 0 Å².